The van der Waals surface area contributed by atoms with E-state index in [2.05, 4.69) is 10.2 Å². The normalized spacial score (nSPS) is 14.4. The van der Waals surface area contributed by atoms with Crippen molar-refractivity contribution in [2.24, 2.45) is 0 Å². The van der Waals surface area contributed by atoms with Crippen LogP contribution >= 0.6 is 0 Å². The molecule has 4 rings (SSSR count). The van der Waals surface area contributed by atoms with E-state index in [1.807, 2.05) is 31.2 Å². The highest BCUT2D eigenvalue weighted by atomic mass is 32.2. The molecule has 0 spiro atoms. The number of ether oxygens (including phenoxy) is 1. The minimum atomic E-state index is -4.11. The van der Waals surface area contributed by atoms with Gasteiger partial charge in [0.25, 0.3) is 10.0 Å². The summed E-state index contributed by atoms with van der Waals surface area (Å²) in [5.41, 5.74) is 2.26. The average molecular weight is 512 g/mol. The lowest BCUT2D eigenvalue weighted by atomic mass is 10.1. The van der Waals surface area contributed by atoms with Crippen LogP contribution in [0.4, 0.5) is 15.8 Å². The molecule has 190 valence electrons. The molecule has 3 aromatic carbocycles. The molecular weight excluding hydrogens is 481 g/mol. The molecule has 1 heterocycles. The minimum absolute atomic E-state index is 0.00836. The summed E-state index contributed by atoms with van der Waals surface area (Å²) in [6.45, 7) is 3.49. The van der Waals surface area contributed by atoms with E-state index >= 15 is 0 Å². The Hall–Kier alpha value is -3.59. The molecule has 0 aromatic heterocycles. The molecule has 0 radical (unpaired) electrons. The lowest BCUT2D eigenvalue weighted by Gasteiger charge is -2.25. The highest BCUT2D eigenvalue weighted by molar-refractivity contribution is 7.92. The Bertz CT molecular complexity index is 1270. The third-order valence-electron chi connectivity index (χ3n) is 6.29. The van der Waals surface area contributed by atoms with Crippen LogP contribution in [0, 0.1) is 5.82 Å². The Morgan fingerprint density at radius 1 is 1.00 bits per heavy atom. The van der Waals surface area contributed by atoms with Gasteiger partial charge in [0.05, 0.1) is 23.7 Å². The van der Waals surface area contributed by atoms with Crippen LogP contribution in [0.15, 0.2) is 77.7 Å². The number of hydrogen-bond donors (Lipinski definition) is 1. The highest BCUT2D eigenvalue weighted by Gasteiger charge is 2.28. The van der Waals surface area contributed by atoms with Crippen LogP contribution in [0.25, 0.3) is 0 Å². The molecule has 1 aliphatic heterocycles. The Kier molecular flexibility index (Phi) is 7.79. The number of rotatable bonds is 9. The zero-order valence-electron chi connectivity index (χ0n) is 20.4. The molecule has 1 unspecified atom stereocenters. The molecule has 7 nitrogen and oxygen atoms in total. The lowest BCUT2D eigenvalue weighted by Crippen LogP contribution is -2.41. The molecule has 3 aromatic rings. The summed E-state index contributed by atoms with van der Waals surface area (Å²) in [4.78, 5) is 15.3. The molecule has 1 saturated heterocycles. The summed E-state index contributed by atoms with van der Waals surface area (Å²) in [5, 5.41) is 2.89. The van der Waals surface area contributed by atoms with Crippen molar-refractivity contribution < 1.29 is 22.3 Å². The second-order valence-corrected chi connectivity index (χ2v) is 10.6. The number of anilines is 2. The summed E-state index contributed by atoms with van der Waals surface area (Å²) in [5.74, 6) is -0.479. The van der Waals surface area contributed by atoms with E-state index in [4.69, 9.17) is 4.74 Å². The molecule has 1 amide bonds. The van der Waals surface area contributed by atoms with Crippen molar-refractivity contribution in [3.63, 3.8) is 0 Å². The Labute approximate surface area is 211 Å². The van der Waals surface area contributed by atoms with E-state index in [9.17, 15) is 17.6 Å². The van der Waals surface area contributed by atoms with E-state index in [1.54, 1.807) is 0 Å². The Morgan fingerprint density at radius 3 is 2.19 bits per heavy atom. The van der Waals surface area contributed by atoms with E-state index < -0.39 is 28.3 Å². The summed E-state index contributed by atoms with van der Waals surface area (Å²) < 4.78 is 46.6. The number of carbonyl (C=O) groups excluding carboxylic acids is 1. The van der Waals surface area contributed by atoms with Crippen molar-refractivity contribution in [1.29, 1.82) is 0 Å². The fourth-order valence-corrected chi connectivity index (χ4v) is 5.67. The number of methoxy groups -OCH3 is 1. The standard InChI is InChI=1S/C27H30FN3O4S/c1-20(21-5-9-23(10-6-21)30-17-3-4-18-30)29-27(32)19-31(24-11-7-22(28)8-12-24)36(33,34)26-15-13-25(35-2)14-16-26/h5-16,20H,3-4,17-19H2,1-2H3,(H,29,32). The summed E-state index contributed by atoms with van der Waals surface area (Å²) in [6.07, 6.45) is 2.39. The maximum absolute atomic E-state index is 13.5. The van der Waals surface area contributed by atoms with Crippen molar-refractivity contribution in [3.05, 3.63) is 84.2 Å². The summed E-state index contributed by atoms with van der Waals surface area (Å²) in [6, 6.07) is 18.6. The van der Waals surface area contributed by atoms with Crippen LogP contribution in [-0.2, 0) is 14.8 Å². The van der Waals surface area contributed by atoms with Crippen LogP contribution in [0.5, 0.6) is 5.75 Å². The number of nitrogens with one attached hydrogen (secondary N) is 1. The van der Waals surface area contributed by atoms with Crippen LogP contribution in [0.1, 0.15) is 31.4 Å². The number of hydrogen-bond acceptors (Lipinski definition) is 5. The Morgan fingerprint density at radius 2 is 1.61 bits per heavy atom. The predicted molar refractivity (Wildman–Crippen MR) is 138 cm³/mol. The van der Waals surface area contributed by atoms with Gasteiger partial charge in [-0.3, -0.25) is 9.10 Å². The fourth-order valence-electron chi connectivity index (χ4n) is 4.25. The van der Waals surface area contributed by atoms with Gasteiger partial charge < -0.3 is 15.0 Å². The van der Waals surface area contributed by atoms with E-state index in [1.165, 1.54) is 56.3 Å². The van der Waals surface area contributed by atoms with Crippen molar-refractivity contribution in [3.8, 4) is 5.75 Å². The average Bonchev–Trinajstić information content (AvgIpc) is 3.43. The second-order valence-electron chi connectivity index (χ2n) is 8.74. The van der Waals surface area contributed by atoms with Crippen LogP contribution in [0.2, 0.25) is 0 Å². The number of halogens is 1. The molecule has 1 N–H and O–H groups in total. The van der Waals surface area contributed by atoms with Crippen LogP contribution in [0.3, 0.4) is 0 Å². The molecule has 0 bridgehead atoms. The first-order chi connectivity index (χ1) is 17.3. The molecule has 1 atom stereocenters. The topological polar surface area (TPSA) is 79.0 Å². The summed E-state index contributed by atoms with van der Waals surface area (Å²) in [7, 11) is -2.63. The van der Waals surface area contributed by atoms with Gasteiger partial charge in [-0.1, -0.05) is 12.1 Å². The third kappa shape index (κ3) is 5.79. The van der Waals surface area contributed by atoms with Crippen molar-refractivity contribution >= 4 is 27.3 Å². The van der Waals surface area contributed by atoms with Gasteiger partial charge in [0.1, 0.15) is 18.1 Å². The number of benzene rings is 3. The van der Waals surface area contributed by atoms with Gasteiger partial charge in [-0.25, -0.2) is 12.8 Å². The molecule has 0 saturated carbocycles. The Balaban J connectivity index is 1.52. The fraction of sp³-hybridized carbons (Fsp3) is 0.296. The van der Waals surface area contributed by atoms with Gasteiger partial charge in [0.2, 0.25) is 5.91 Å². The molecule has 1 aliphatic rings. The zero-order chi connectivity index (χ0) is 25.7. The van der Waals surface area contributed by atoms with Gasteiger partial charge >= 0.3 is 0 Å². The summed E-state index contributed by atoms with van der Waals surface area (Å²) >= 11 is 0. The number of sulfonamides is 1. The first kappa shape index (κ1) is 25.5. The quantitative estimate of drug-likeness (QED) is 0.458. The second kappa shape index (κ2) is 11.0. The third-order valence-corrected chi connectivity index (χ3v) is 8.08. The van der Waals surface area contributed by atoms with Crippen molar-refractivity contribution in [1.82, 2.24) is 5.32 Å². The van der Waals surface area contributed by atoms with Gasteiger partial charge in [-0.2, -0.15) is 0 Å². The van der Waals surface area contributed by atoms with Crippen molar-refractivity contribution in [2.45, 2.75) is 30.7 Å². The lowest BCUT2D eigenvalue weighted by molar-refractivity contribution is -0.120. The van der Waals surface area contributed by atoms with Crippen LogP contribution in [-0.4, -0.2) is 41.1 Å². The van der Waals surface area contributed by atoms with E-state index in [0.717, 1.165) is 40.8 Å². The van der Waals surface area contributed by atoms with E-state index in [-0.39, 0.29) is 16.6 Å². The maximum Gasteiger partial charge on any atom is 0.264 e. The molecule has 9 heteroatoms. The highest BCUT2D eigenvalue weighted by Crippen LogP contribution is 2.26. The van der Waals surface area contributed by atoms with Gasteiger partial charge in [0, 0.05) is 18.8 Å². The number of carbonyl (C=O) groups is 1. The van der Waals surface area contributed by atoms with Crippen molar-refractivity contribution in [2.75, 3.05) is 35.9 Å². The first-order valence-electron chi connectivity index (χ1n) is 11.8. The van der Waals surface area contributed by atoms with Crippen LogP contribution < -0.4 is 19.3 Å². The SMILES string of the molecule is COc1ccc(S(=O)(=O)N(CC(=O)NC(C)c2ccc(N3CCCC3)cc2)c2ccc(F)cc2)cc1. The molecule has 36 heavy (non-hydrogen) atoms. The number of nitrogens with zero attached hydrogens (tertiary/aromatic N) is 2. The zero-order valence-corrected chi connectivity index (χ0v) is 21.2. The smallest absolute Gasteiger partial charge is 0.264 e. The monoisotopic (exact) mass is 511 g/mol. The molecule has 1 fully saturated rings. The number of amides is 1. The minimum Gasteiger partial charge on any atom is -0.497 e. The van der Waals surface area contributed by atoms with Gasteiger partial charge in [0.15, 0.2) is 0 Å². The first-order valence-corrected chi connectivity index (χ1v) is 13.3. The molecule has 0 aliphatic carbocycles. The maximum atomic E-state index is 13.5. The predicted octanol–water partition coefficient (Wildman–Crippen LogP) is 4.51. The van der Waals surface area contributed by atoms with E-state index in [0.29, 0.717) is 5.75 Å². The molecular formula is C27H30FN3O4S. The largest absolute Gasteiger partial charge is 0.497 e. The van der Waals surface area contributed by atoms with Gasteiger partial charge in [-0.05, 0) is 86.0 Å². The van der Waals surface area contributed by atoms with Gasteiger partial charge in [-0.15, -0.1) is 0 Å².